The Bertz CT molecular complexity index is 1070. The van der Waals surface area contributed by atoms with Crippen molar-refractivity contribution >= 4 is 17.6 Å². The lowest BCUT2D eigenvalue weighted by molar-refractivity contribution is 0.0951. The number of nitrogens with one attached hydrogen (secondary N) is 2. The van der Waals surface area contributed by atoms with Gasteiger partial charge in [-0.05, 0) is 61.7 Å². The third kappa shape index (κ3) is 5.48. The van der Waals surface area contributed by atoms with Crippen molar-refractivity contribution in [3.05, 3.63) is 65.5 Å². The van der Waals surface area contributed by atoms with Gasteiger partial charge in [-0.1, -0.05) is 17.3 Å². The summed E-state index contributed by atoms with van der Waals surface area (Å²) in [6.45, 7) is 2.42. The van der Waals surface area contributed by atoms with E-state index in [4.69, 9.17) is 4.52 Å². The summed E-state index contributed by atoms with van der Waals surface area (Å²) in [5, 5.41) is 9.83. The number of amides is 3. The van der Waals surface area contributed by atoms with Crippen molar-refractivity contribution < 1.29 is 14.1 Å². The second kappa shape index (κ2) is 8.99. The summed E-state index contributed by atoms with van der Waals surface area (Å²) in [5.74, 6) is 0.837. The molecule has 8 nitrogen and oxygen atoms in total. The lowest BCUT2D eigenvalue weighted by Gasteiger charge is -2.17. The van der Waals surface area contributed by atoms with Gasteiger partial charge in [0, 0.05) is 42.9 Å². The Balaban J connectivity index is 1.30. The average Bonchev–Trinajstić information content (AvgIpc) is 3.45. The van der Waals surface area contributed by atoms with E-state index in [0.717, 1.165) is 29.7 Å². The molecule has 0 aliphatic heterocycles. The summed E-state index contributed by atoms with van der Waals surface area (Å²) in [7, 11) is 1.72. The Morgan fingerprint density at radius 1 is 1.16 bits per heavy atom. The number of likely N-dealkylation sites (N-methyl/N-ethyl adjacent to an activating group) is 1. The minimum absolute atomic E-state index is 0.0627. The maximum absolute atomic E-state index is 12.3. The van der Waals surface area contributed by atoms with Crippen LogP contribution in [0.1, 0.15) is 34.6 Å². The molecule has 0 radical (unpaired) electrons. The number of rotatable bonds is 7. The number of aryl methyl sites for hydroxylation is 1. The number of nitrogens with zero attached hydrogens (tertiary/aromatic N) is 3. The predicted octanol–water partition coefficient (Wildman–Crippen LogP) is 3.64. The summed E-state index contributed by atoms with van der Waals surface area (Å²) in [5.41, 5.74) is 3.19. The maximum Gasteiger partial charge on any atom is 0.321 e. The molecule has 2 aromatic carbocycles. The van der Waals surface area contributed by atoms with Crippen LogP contribution in [0.5, 0.6) is 0 Å². The molecule has 0 bridgehead atoms. The first-order valence-electron chi connectivity index (χ1n) is 10.3. The number of carbonyl (C=O) groups excluding carboxylic acids is 2. The van der Waals surface area contributed by atoms with Gasteiger partial charge in [0.25, 0.3) is 11.8 Å². The first-order valence-corrected chi connectivity index (χ1v) is 10.3. The Hall–Kier alpha value is -3.68. The van der Waals surface area contributed by atoms with E-state index >= 15 is 0 Å². The average molecular weight is 419 g/mol. The van der Waals surface area contributed by atoms with Gasteiger partial charge in [-0.2, -0.15) is 4.98 Å². The molecule has 31 heavy (non-hydrogen) atoms. The van der Waals surface area contributed by atoms with E-state index in [-0.39, 0.29) is 11.9 Å². The highest BCUT2D eigenvalue weighted by atomic mass is 16.5. The predicted molar refractivity (Wildman–Crippen MR) is 117 cm³/mol. The monoisotopic (exact) mass is 419 g/mol. The minimum atomic E-state index is -0.200. The Kier molecular flexibility index (Phi) is 5.97. The molecule has 1 aliphatic rings. The van der Waals surface area contributed by atoms with Crippen LogP contribution in [-0.4, -0.2) is 46.6 Å². The number of carbonyl (C=O) groups is 2. The van der Waals surface area contributed by atoms with Gasteiger partial charge < -0.3 is 20.1 Å². The van der Waals surface area contributed by atoms with E-state index in [2.05, 4.69) is 20.8 Å². The second-order valence-corrected chi connectivity index (χ2v) is 7.81. The highest BCUT2D eigenvalue weighted by Gasteiger charge is 2.23. The Labute approximate surface area is 180 Å². The molecule has 0 spiro atoms. The number of hydrogen-bond acceptors (Lipinski definition) is 5. The molecule has 1 heterocycles. The molecule has 0 atom stereocenters. The van der Waals surface area contributed by atoms with Crippen LogP contribution in [0.15, 0.2) is 53.1 Å². The summed E-state index contributed by atoms with van der Waals surface area (Å²) >= 11 is 0. The molecule has 0 saturated heterocycles. The minimum Gasteiger partial charge on any atom is -0.349 e. The van der Waals surface area contributed by atoms with Crippen molar-refractivity contribution in [3.8, 4) is 11.5 Å². The number of aromatic nitrogens is 2. The fourth-order valence-corrected chi connectivity index (χ4v) is 3.04. The fraction of sp³-hybridized carbons (Fsp3) is 0.304. The zero-order valence-corrected chi connectivity index (χ0v) is 17.6. The molecule has 3 amide bonds. The van der Waals surface area contributed by atoms with Gasteiger partial charge in [-0.3, -0.25) is 4.79 Å². The van der Waals surface area contributed by atoms with E-state index in [0.29, 0.717) is 36.3 Å². The van der Waals surface area contributed by atoms with Gasteiger partial charge in [0.05, 0.1) is 0 Å². The molecule has 1 aromatic heterocycles. The SMILES string of the molecule is Cc1cccc(NC(=O)N(C)CCc2noc(-c3ccc(C(=O)NC4CC4)cc3)n2)c1. The van der Waals surface area contributed by atoms with E-state index in [1.165, 1.54) is 0 Å². The number of urea groups is 1. The van der Waals surface area contributed by atoms with Crippen LogP contribution in [0.3, 0.4) is 0 Å². The van der Waals surface area contributed by atoms with Crippen molar-refractivity contribution in [2.45, 2.75) is 32.2 Å². The third-order valence-electron chi connectivity index (χ3n) is 5.06. The number of anilines is 1. The lowest BCUT2D eigenvalue weighted by atomic mass is 10.1. The fourth-order valence-electron chi connectivity index (χ4n) is 3.04. The Morgan fingerprint density at radius 3 is 2.65 bits per heavy atom. The van der Waals surface area contributed by atoms with Crippen LogP contribution in [0.2, 0.25) is 0 Å². The molecule has 1 fully saturated rings. The van der Waals surface area contributed by atoms with Crippen molar-refractivity contribution in [2.24, 2.45) is 0 Å². The molecule has 8 heteroatoms. The summed E-state index contributed by atoms with van der Waals surface area (Å²) in [6, 6.07) is 14.9. The second-order valence-electron chi connectivity index (χ2n) is 7.81. The molecular weight excluding hydrogens is 394 g/mol. The van der Waals surface area contributed by atoms with Crippen LogP contribution >= 0.6 is 0 Å². The van der Waals surface area contributed by atoms with Crippen LogP contribution in [0.25, 0.3) is 11.5 Å². The van der Waals surface area contributed by atoms with Gasteiger partial charge >= 0.3 is 6.03 Å². The first kappa shape index (κ1) is 20.6. The normalized spacial score (nSPS) is 13.0. The van der Waals surface area contributed by atoms with E-state index < -0.39 is 0 Å². The molecule has 3 aromatic rings. The third-order valence-corrected chi connectivity index (χ3v) is 5.06. The molecule has 160 valence electrons. The molecule has 2 N–H and O–H groups in total. The molecular formula is C23H25N5O3. The summed E-state index contributed by atoms with van der Waals surface area (Å²) in [6.07, 6.45) is 2.57. The molecule has 0 unspecified atom stereocenters. The highest BCUT2D eigenvalue weighted by Crippen LogP contribution is 2.21. The number of benzene rings is 2. The van der Waals surface area contributed by atoms with Crippen molar-refractivity contribution in [1.82, 2.24) is 20.4 Å². The first-order chi connectivity index (χ1) is 15.0. The van der Waals surface area contributed by atoms with Crippen LogP contribution in [0.4, 0.5) is 10.5 Å². The van der Waals surface area contributed by atoms with E-state index in [1.807, 2.05) is 31.2 Å². The van der Waals surface area contributed by atoms with Crippen LogP contribution < -0.4 is 10.6 Å². The van der Waals surface area contributed by atoms with Crippen LogP contribution in [-0.2, 0) is 6.42 Å². The lowest BCUT2D eigenvalue weighted by Crippen LogP contribution is -2.33. The molecule has 4 rings (SSSR count). The largest absolute Gasteiger partial charge is 0.349 e. The molecule has 1 saturated carbocycles. The maximum atomic E-state index is 12.3. The van der Waals surface area contributed by atoms with Gasteiger partial charge in [0.15, 0.2) is 5.82 Å². The van der Waals surface area contributed by atoms with Gasteiger partial charge in [-0.15, -0.1) is 0 Å². The zero-order valence-electron chi connectivity index (χ0n) is 17.6. The van der Waals surface area contributed by atoms with Gasteiger partial charge in [0.2, 0.25) is 0 Å². The van der Waals surface area contributed by atoms with Crippen molar-refractivity contribution in [1.29, 1.82) is 0 Å². The standard InChI is InChI=1S/C23H25N5O3/c1-15-4-3-5-19(14-15)25-23(30)28(2)13-12-20-26-22(31-27-20)17-8-6-16(7-9-17)21(29)24-18-10-11-18/h3-9,14,18H,10-13H2,1-2H3,(H,24,29)(H,25,30). The van der Waals surface area contributed by atoms with Gasteiger partial charge in [0.1, 0.15) is 0 Å². The highest BCUT2D eigenvalue weighted by molar-refractivity contribution is 5.95. The topological polar surface area (TPSA) is 100 Å². The quantitative estimate of drug-likeness (QED) is 0.609. The van der Waals surface area contributed by atoms with E-state index in [1.54, 1.807) is 36.2 Å². The van der Waals surface area contributed by atoms with Crippen molar-refractivity contribution in [3.63, 3.8) is 0 Å². The van der Waals surface area contributed by atoms with Gasteiger partial charge in [-0.25, -0.2) is 4.79 Å². The zero-order chi connectivity index (χ0) is 21.8. The summed E-state index contributed by atoms with van der Waals surface area (Å²) < 4.78 is 5.35. The van der Waals surface area contributed by atoms with Crippen molar-refractivity contribution in [2.75, 3.05) is 18.9 Å². The molecule has 1 aliphatic carbocycles. The smallest absolute Gasteiger partial charge is 0.321 e. The van der Waals surface area contributed by atoms with Crippen LogP contribution in [0, 0.1) is 6.92 Å². The Morgan fingerprint density at radius 2 is 1.94 bits per heavy atom. The number of hydrogen-bond donors (Lipinski definition) is 2. The summed E-state index contributed by atoms with van der Waals surface area (Å²) in [4.78, 5) is 30.4. The van der Waals surface area contributed by atoms with E-state index in [9.17, 15) is 9.59 Å².